The topological polar surface area (TPSA) is 29.9 Å². The molecule has 2 aromatic carbocycles. The summed E-state index contributed by atoms with van der Waals surface area (Å²) in [5.41, 5.74) is 2.95. The van der Waals surface area contributed by atoms with Gasteiger partial charge in [-0.1, -0.05) is 12.1 Å². The van der Waals surface area contributed by atoms with Crippen LogP contribution in [-0.2, 0) is 12.8 Å². The first-order chi connectivity index (χ1) is 11.6. The van der Waals surface area contributed by atoms with E-state index in [0.29, 0.717) is 6.42 Å². The molecule has 1 aliphatic heterocycles. The zero-order valence-electron chi connectivity index (χ0n) is 12.7. The van der Waals surface area contributed by atoms with Crippen LogP contribution in [0.25, 0.3) is 5.69 Å². The molecule has 1 aromatic heterocycles. The Morgan fingerprint density at radius 3 is 2.50 bits per heavy atom. The fraction of sp³-hybridized carbons (Fsp3) is 0.167. The first kappa shape index (κ1) is 14.8. The van der Waals surface area contributed by atoms with Crippen molar-refractivity contribution in [3.8, 4) is 5.69 Å². The summed E-state index contributed by atoms with van der Waals surface area (Å²) >= 11 is 0. The highest BCUT2D eigenvalue weighted by atomic mass is 19.1. The van der Waals surface area contributed by atoms with E-state index in [0.717, 1.165) is 41.7 Å². The van der Waals surface area contributed by atoms with Crippen LogP contribution in [0, 0.1) is 17.5 Å². The highest BCUT2D eigenvalue weighted by Crippen LogP contribution is 2.31. The third-order valence-corrected chi connectivity index (χ3v) is 4.16. The molecular formula is C18H14F3N3. The maximum absolute atomic E-state index is 14.1. The average Bonchev–Trinajstić information content (AvgIpc) is 3.14. The summed E-state index contributed by atoms with van der Waals surface area (Å²) in [6.07, 6.45) is 1.31. The van der Waals surface area contributed by atoms with E-state index in [9.17, 15) is 13.2 Å². The van der Waals surface area contributed by atoms with Crippen molar-refractivity contribution in [3.05, 3.63) is 76.7 Å². The first-order valence-corrected chi connectivity index (χ1v) is 7.66. The smallest absolute Gasteiger partial charge is 0.151 e. The Kier molecular flexibility index (Phi) is 3.52. The van der Waals surface area contributed by atoms with E-state index in [1.165, 1.54) is 28.9 Å². The van der Waals surface area contributed by atoms with Gasteiger partial charge in [0, 0.05) is 24.6 Å². The van der Waals surface area contributed by atoms with E-state index in [-0.39, 0.29) is 11.5 Å². The van der Waals surface area contributed by atoms with E-state index in [4.69, 9.17) is 0 Å². The number of fused-ring (bicyclic) bond motifs is 1. The lowest BCUT2D eigenvalue weighted by atomic mass is 10.1. The third-order valence-electron chi connectivity index (χ3n) is 4.16. The lowest BCUT2D eigenvalue weighted by Gasteiger charge is -2.07. The predicted molar refractivity (Wildman–Crippen MR) is 84.9 cm³/mol. The van der Waals surface area contributed by atoms with Crippen LogP contribution in [0.3, 0.4) is 0 Å². The summed E-state index contributed by atoms with van der Waals surface area (Å²) in [5, 5.41) is 7.71. The Bertz CT molecular complexity index is 901. The molecule has 4 rings (SSSR count). The number of rotatable bonds is 3. The molecule has 0 saturated carbocycles. The molecule has 0 spiro atoms. The molecule has 3 nitrogen and oxygen atoms in total. The number of nitrogens with zero attached hydrogens (tertiary/aromatic N) is 2. The summed E-state index contributed by atoms with van der Waals surface area (Å²) in [7, 11) is 0. The molecule has 0 fully saturated rings. The Labute approximate surface area is 136 Å². The Morgan fingerprint density at radius 2 is 1.75 bits per heavy atom. The highest BCUT2D eigenvalue weighted by molar-refractivity contribution is 5.57. The standard InChI is InChI=1S/C18H14F3N3/c19-12-3-1-11(2-4-12)9-16-14-7-8-22-18(14)24(23-16)17-6-5-13(20)10-15(17)21/h1-6,10,22H,7-9H2. The maximum Gasteiger partial charge on any atom is 0.151 e. The van der Waals surface area contributed by atoms with Crippen LogP contribution >= 0.6 is 0 Å². The van der Waals surface area contributed by atoms with E-state index in [1.54, 1.807) is 12.1 Å². The molecule has 0 saturated heterocycles. The Morgan fingerprint density at radius 1 is 1.00 bits per heavy atom. The molecule has 0 aliphatic carbocycles. The fourth-order valence-corrected chi connectivity index (χ4v) is 3.01. The van der Waals surface area contributed by atoms with Crippen molar-refractivity contribution in [3.63, 3.8) is 0 Å². The van der Waals surface area contributed by atoms with Gasteiger partial charge >= 0.3 is 0 Å². The number of nitrogens with one attached hydrogen (secondary N) is 1. The van der Waals surface area contributed by atoms with Crippen molar-refractivity contribution in [1.82, 2.24) is 9.78 Å². The number of aromatic nitrogens is 2. The van der Waals surface area contributed by atoms with E-state index in [1.807, 2.05) is 0 Å². The number of hydrogen-bond donors (Lipinski definition) is 1. The molecule has 0 amide bonds. The monoisotopic (exact) mass is 329 g/mol. The van der Waals surface area contributed by atoms with Gasteiger partial charge in [0.25, 0.3) is 0 Å². The number of hydrogen-bond acceptors (Lipinski definition) is 2. The van der Waals surface area contributed by atoms with Crippen molar-refractivity contribution < 1.29 is 13.2 Å². The molecule has 6 heteroatoms. The third kappa shape index (κ3) is 2.54. The number of benzene rings is 2. The van der Waals surface area contributed by atoms with Gasteiger partial charge in [0.2, 0.25) is 0 Å². The molecule has 1 aliphatic rings. The summed E-state index contributed by atoms with van der Waals surface area (Å²) in [6.45, 7) is 0.742. The van der Waals surface area contributed by atoms with Gasteiger partial charge in [-0.3, -0.25) is 0 Å². The molecule has 1 N–H and O–H groups in total. The second-order valence-corrected chi connectivity index (χ2v) is 5.76. The molecule has 3 aromatic rings. The number of anilines is 1. The van der Waals surface area contributed by atoms with Gasteiger partial charge < -0.3 is 5.32 Å². The molecule has 0 bridgehead atoms. The summed E-state index contributed by atoms with van der Waals surface area (Å²) in [4.78, 5) is 0. The van der Waals surface area contributed by atoms with Crippen LogP contribution in [0.4, 0.5) is 19.0 Å². The van der Waals surface area contributed by atoms with Gasteiger partial charge in [0.15, 0.2) is 5.82 Å². The largest absolute Gasteiger partial charge is 0.369 e. The van der Waals surface area contributed by atoms with Gasteiger partial charge in [-0.15, -0.1) is 0 Å². The molecular weight excluding hydrogens is 315 g/mol. The fourth-order valence-electron chi connectivity index (χ4n) is 3.01. The van der Waals surface area contributed by atoms with Crippen LogP contribution in [0.15, 0.2) is 42.5 Å². The average molecular weight is 329 g/mol. The van der Waals surface area contributed by atoms with Crippen molar-refractivity contribution in [2.24, 2.45) is 0 Å². The van der Waals surface area contributed by atoms with E-state index in [2.05, 4.69) is 10.4 Å². The quantitative estimate of drug-likeness (QED) is 0.791. The van der Waals surface area contributed by atoms with Crippen LogP contribution in [0.5, 0.6) is 0 Å². The Balaban J connectivity index is 1.76. The number of halogens is 3. The molecule has 2 heterocycles. The molecule has 0 unspecified atom stereocenters. The van der Waals surface area contributed by atoms with Crippen molar-refractivity contribution in [2.75, 3.05) is 11.9 Å². The first-order valence-electron chi connectivity index (χ1n) is 7.66. The van der Waals surface area contributed by atoms with E-state index >= 15 is 0 Å². The van der Waals surface area contributed by atoms with Crippen LogP contribution in [0.1, 0.15) is 16.8 Å². The minimum Gasteiger partial charge on any atom is -0.369 e. The van der Waals surface area contributed by atoms with Crippen LogP contribution < -0.4 is 5.32 Å². The highest BCUT2D eigenvalue weighted by Gasteiger charge is 2.24. The van der Waals surface area contributed by atoms with Gasteiger partial charge in [0.05, 0.1) is 5.69 Å². The van der Waals surface area contributed by atoms with Gasteiger partial charge in [-0.05, 0) is 36.2 Å². The normalized spacial score (nSPS) is 13.0. The summed E-state index contributed by atoms with van der Waals surface area (Å²) < 4.78 is 41.8. The van der Waals surface area contributed by atoms with Gasteiger partial charge in [0.1, 0.15) is 23.1 Å². The van der Waals surface area contributed by atoms with Crippen LogP contribution in [0.2, 0.25) is 0 Å². The van der Waals surface area contributed by atoms with Gasteiger partial charge in [-0.25, -0.2) is 17.9 Å². The zero-order valence-corrected chi connectivity index (χ0v) is 12.7. The lowest BCUT2D eigenvalue weighted by molar-refractivity contribution is 0.573. The Hall–Kier alpha value is -2.76. The van der Waals surface area contributed by atoms with Crippen molar-refractivity contribution >= 4 is 5.82 Å². The SMILES string of the molecule is Fc1ccc(Cc2nn(-c3ccc(F)cc3F)c3c2CCN3)cc1. The predicted octanol–water partition coefficient (Wildman–Crippen LogP) is 3.85. The molecule has 0 atom stereocenters. The minimum atomic E-state index is -0.665. The minimum absolute atomic E-state index is 0.201. The molecule has 122 valence electrons. The second-order valence-electron chi connectivity index (χ2n) is 5.76. The van der Waals surface area contributed by atoms with E-state index < -0.39 is 11.6 Å². The zero-order chi connectivity index (χ0) is 16.7. The lowest BCUT2D eigenvalue weighted by Crippen LogP contribution is -2.07. The summed E-state index contributed by atoms with van der Waals surface area (Å²) in [5.74, 6) is -0.843. The van der Waals surface area contributed by atoms with Crippen molar-refractivity contribution in [1.29, 1.82) is 0 Å². The molecule has 24 heavy (non-hydrogen) atoms. The second kappa shape index (κ2) is 5.70. The van der Waals surface area contributed by atoms with Crippen LogP contribution in [-0.4, -0.2) is 16.3 Å². The van der Waals surface area contributed by atoms with Gasteiger partial charge in [-0.2, -0.15) is 5.10 Å². The summed E-state index contributed by atoms with van der Waals surface area (Å²) in [6, 6.07) is 9.66. The van der Waals surface area contributed by atoms with Crippen molar-refractivity contribution in [2.45, 2.75) is 12.8 Å². The maximum atomic E-state index is 14.1. The molecule has 0 radical (unpaired) electrons.